The lowest BCUT2D eigenvalue weighted by Crippen LogP contribution is -2.64. The highest BCUT2D eigenvalue weighted by Crippen LogP contribution is 2.75. The molecule has 0 saturated heterocycles. The quantitative estimate of drug-likeness (QED) is 0.412. The van der Waals surface area contributed by atoms with Crippen LogP contribution in [0.2, 0.25) is 0 Å². The van der Waals surface area contributed by atoms with E-state index < -0.39 is 0 Å². The van der Waals surface area contributed by atoms with Gasteiger partial charge >= 0.3 is 0 Å². The number of aromatic nitrogens is 2. The minimum atomic E-state index is 0.0833. The Bertz CT molecular complexity index is 1130. The molecule has 7 atom stereocenters. The molecule has 5 aliphatic rings. The topological polar surface area (TPSA) is 57.9 Å². The van der Waals surface area contributed by atoms with Crippen molar-refractivity contribution in [2.45, 2.75) is 112 Å². The summed E-state index contributed by atoms with van der Waals surface area (Å²) in [5.74, 6) is 2.82. The van der Waals surface area contributed by atoms with Crippen molar-refractivity contribution in [3.63, 3.8) is 0 Å². The summed E-state index contributed by atoms with van der Waals surface area (Å²) in [7, 11) is 4.60. The first kappa shape index (κ1) is 26.0. The van der Waals surface area contributed by atoms with Crippen molar-refractivity contribution in [3.05, 3.63) is 22.9 Å². The first-order chi connectivity index (χ1) is 17.1. The molecule has 3 N–H and O–H groups in total. The summed E-state index contributed by atoms with van der Waals surface area (Å²) in [5.41, 5.74) is 12.9. The largest absolute Gasteiger partial charge is 0.382 e. The van der Waals surface area contributed by atoms with Gasteiger partial charge in [0.1, 0.15) is 5.82 Å². The molecule has 1 aromatic rings. The van der Waals surface area contributed by atoms with E-state index in [4.69, 9.17) is 5.73 Å². The van der Waals surface area contributed by atoms with Crippen molar-refractivity contribution >= 4 is 5.82 Å². The number of H-pyrrole nitrogens is 1. The number of nitrogens with zero attached hydrogens (tertiary/aromatic N) is 2. The number of nitrogen functional groups attached to an aromatic ring is 1. The maximum atomic E-state index is 6.49. The second-order valence-electron chi connectivity index (χ2n) is 16.7. The number of hydrogen-bond acceptors (Lipinski definition) is 3. The van der Waals surface area contributed by atoms with Crippen molar-refractivity contribution in [1.29, 1.82) is 0 Å². The number of fused-ring (bicyclic) bond motifs is 8. The van der Waals surface area contributed by atoms with Crippen LogP contribution in [0.25, 0.3) is 0 Å². The molecule has 3 saturated carbocycles. The number of rotatable bonds is 2. The maximum absolute atomic E-state index is 6.49. The standard InChI is InChI=1S/C33H54N4/c1-28(2)14-16-33(20-37(8)9)17-15-31(6)22(23(33)19-28)10-11-25-30(5)18-21-26(35-36-27(21)34)29(3,4)24(30)12-13-32(25,31)7/h10,23-25H,11-20H2,1-9H3,(H3,34,35,36)/t23-,24-,25+,30-,31+,32+,33+/m0/s1. The molecule has 1 heterocycles. The zero-order chi connectivity index (χ0) is 26.8. The third-order valence-electron chi connectivity index (χ3n) is 13.7. The van der Waals surface area contributed by atoms with Crippen molar-refractivity contribution in [2.24, 2.45) is 44.8 Å². The van der Waals surface area contributed by atoms with Gasteiger partial charge in [-0.05, 0) is 117 Å². The van der Waals surface area contributed by atoms with E-state index in [-0.39, 0.29) is 10.8 Å². The average Bonchev–Trinajstić information content (AvgIpc) is 3.15. The Morgan fingerprint density at radius 1 is 0.973 bits per heavy atom. The van der Waals surface area contributed by atoms with Gasteiger partial charge in [0.2, 0.25) is 0 Å². The van der Waals surface area contributed by atoms with Gasteiger partial charge in [0.15, 0.2) is 0 Å². The Hall–Kier alpha value is -1.29. The van der Waals surface area contributed by atoms with Crippen molar-refractivity contribution in [1.82, 2.24) is 15.1 Å². The van der Waals surface area contributed by atoms with E-state index in [0.717, 1.165) is 18.2 Å². The highest BCUT2D eigenvalue weighted by atomic mass is 15.2. The van der Waals surface area contributed by atoms with E-state index in [9.17, 15) is 0 Å². The molecule has 0 unspecified atom stereocenters. The van der Waals surface area contributed by atoms with Crippen molar-refractivity contribution < 1.29 is 0 Å². The van der Waals surface area contributed by atoms with E-state index in [1.165, 1.54) is 69.2 Å². The van der Waals surface area contributed by atoms with Gasteiger partial charge < -0.3 is 10.6 Å². The molecule has 4 nitrogen and oxygen atoms in total. The highest BCUT2D eigenvalue weighted by Gasteiger charge is 2.68. The lowest BCUT2D eigenvalue weighted by atomic mass is 9.33. The minimum absolute atomic E-state index is 0.0833. The Morgan fingerprint density at radius 2 is 1.68 bits per heavy atom. The van der Waals surface area contributed by atoms with Crippen LogP contribution in [-0.4, -0.2) is 35.7 Å². The molecule has 5 aliphatic carbocycles. The van der Waals surface area contributed by atoms with E-state index in [1.54, 1.807) is 0 Å². The van der Waals surface area contributed by atoms with Crippen LogP contribution in [0.5, 0.6) is 0 Å². The second kappa shape index (κ2) is 7.67. The Labute approximate surface area is 226 Å². The second-order valence-corrected chi connectivity index (χ2v) is 16.7. The zero-order valence-electron chi connectivity index (χ0n) is 25.4. The highest BCUT2D eigenvalue weighted by molar-refractivity contribution is 5.49. The van der Waals surface area contributed by atoms with Crippen molar-refractivity contribution in [2.75, 3.05) is 26.4 Å². The van der Waals surface area contributed by atoms with Crippen LogP contribution in [0.15, 0.2) is 11.6 Å². The van der Waals surface area contributed by atoms with Gasteiger partial charge in [-0.25, -0.2) is 0 Å². The Kier molecular flexibility index (Phi) is 5.38. The summed E-state index contributed by atoms with van der Waals surface area (Å²) in [6, 6.07) is 0. The summed E-state index contributed by atoms with van der Waals surface area (Å²) in [5, 5.41) is 7.88. The molecule has 3 fully saturated rings. The zero-order valence-corrected chi connectivity index (χ0v) is 25.4. The average molecular weight is 507 g/mol. The van der Waals surface area contributed by atoms with E-state index in [1.807, 2.05) is 5.57 Å². The van der Waals surface area contributed by atoms with E-state index in [2.05, 4.69) is 83.7 Å². The molecule has 0 bridgehead atoms. The fourth-order valence-corrected chi connectivity index (χ4v) is 11.7. The van der Waals surface area contributed by atoms with Gasteiger partial charge in [-0.3, -0.25) is 5.10 Å². The molecule has 0 radical (unpaired) electrons. The number of hydrogen-bond donors (Lipinski definition) is 2. The van der Waals surface area contributed by atoms with Crippen LogP contribution in [0, 0.1) is 44.8 Å². The van der Waals surface area contributed by atoms with Crippen LogP contribution < -0.4 is 5.73 Å². The van der Waals surface area contributed by atoms with E-state index >= 15 is 0 Å². The Morgan fingerprint density at radius 3 is 2.38 bits per heavy atom. The molecule has 0 amide bonds. The summed E-state index contributed by atoms with van der Waals surface area (Å²) in [6.45, 7) is 19.3. The van der Waals surface area contributed by atoms with Crippen LogP contribution in [0.1, 0.15) is 111 Å². The lowest BCUT2D eigenvalue weighted by molar-refractivity contribution is -0.161. The predicted octanol–water partition coefficient (Wildman–Crippen LogP) is 7.37. The SMILES string of the molecule is CN(C)C[C@]12CCC(C)(C)C[C@H]1C1=CC[C@@H]3[C@@]4(C)Cc5c(N)n[nH]c5C(C)(C)[C@@H]4CC[C@@]3(C)[C@]1(C)CC2. The van der Waals surface area contributed by atoms with Gasteiger partial charge in [0.25, 0.3) is 0 Å². The number of nitrogens with one attached hydrogen (secondary N) is 1. The van der Waals surface area contributed by atoms with Gasteiger partial charge in [0, 0.05) is 23.2 Å². The normalized spacial score (nSPS) is 45.7. The van der Waals surface area contributed by atoms with Gasteiger partial charge in [-0.2, -0.15) is 5.10 Å². The van der Waals surface area contributed by atoms with Crippen LogP contribution in [0.4, 0.5) is 5.82 Å². The van der Waals surface area contributed by atoms with Gasteiger partial charge in [0.05, 0.1) is 0 Å². The summed E-state index contributed by atoms with van der Waals surface area (Å²) >= 11 is 0. The minimum Gasteiger partial charge on any atom is -0.382 e. The maximum Gasteiger partial charge on any atom is 0.148 e. The van der Waals surface area contributed by atoms with Crippen molar-refractivity contribution in [3.8, 4) is 0 Å². The third-order valence-corrected chi connectivity index (χ3v) is 13.7. The summed E-state index contributed by atoms with van der Waals surface area (Å²) < 4.78 is 0. The molecule has 6 rings (SSSR count). The Balaban J connectivity index is 1.45. The molecule has 1 aromatic heterocycles. The van der Waals surface area contributed by atoms with E-state index in [0.29, 0.717) is 33.5 Å². The monoisotopic (exact) mass is 506 g/mol. The first-order valence-electron chi connectivity index (χ1n) is 15.3. The number of nitrogens with two attached hydrogens (primary N) is 1. The predicted molar refractivity (Wildman–Crippen MR) is 154 cm³/mol. The fraction of sp³-hybridized carbons (Fsp3) is 0.848. The molecule has 0 aromatic carbocycles. The fourth-order valence-electron chi connectivity index (χ4n) is 11.7. The number of aromatic amines is 1. The first-order valence-corrected chi connectivity index (χ1v) is 15.3. The molecule has 37 heavy (non-hydrogen) atoms. The van der Waals surface area contributed by atoms with Crippen LogP contribution >= 0.6 is 0 Å². The molecule has 0 aliphatic heterocycles. The third kappa shape index (κ3) is 3.26. The van der Waals surface area contributed by atoms with Gasteiger partial charge in [-0.15, -0.1) is 0 Å². The smallest absolute Gasteiger partial charge is 0.148 e. The van der Waals surface area contributed by atoms with Crippen LogP contribution in [-0.2, 0) is 11.8 Å². The molecular formula is C33H54N4. The number of allylic oxidation sites excluding steroid dienone is 2. The molecule has 206 valence electrons. The molecular weight excluding hydrogens is 452 g/mol. The molecule has 4 heteroatoms. The number of anilines is 1. The van der Waals surface area contributed by atoms with Crippen LogP contribution in [0.3, 0.4) is 0 Å². The summed E-state index contributed by atoms with van der Waals surface area (Å²) in [4.78, 5) is 2.49. The molecule has 0 spiro atoms. The summed E-state index contributed by atoms with van der Waals surface area (Å²) in [6.07, 6.45) is 14.7. The lowest BCUT2D eigenvalue weighted by Gasteiger charge is -2.71. The van der Waals surface area contributed by atoms with Gasteiger partial charge in [-0.1, -0.05) is 60.1 Å².